The lowest BCUT2D eigenvalue weighted by Crippen LogP contribution is -2.04. The molecule has 0 saturated heterocycles. The second-order valence-electron chi connectivity index (χ2n) is 4.06. The summed E-state index contributed by atoms with van der Waals surface area (Å²) in [5.41, 5.74) is 1.08. The molecule has 0 amide bonds. The van der Waals surface area contributed by atoms with Crippen molar-refractivity contribution >= 4 is 29.3 Å². The van der Waals surface area contributed by atoms with Crippen molar-refractivity contribution in [2.75, 3.05) is 7.11 Å². The number of esters is 1. The van der Waals surface area contributed by atoms with Crippen LogP contribution in [-0.2, 0) is 9.53 Å². The molecule has 1 aliphatic heterocycles. The molecule has 0 aliphatic carbocycles. The van der Waals surface area contributed by atoms with Crippen LogP contribution in [0.1, 0.15) is 10.4 Å². The van der Waals surface area contributed by atoms with Crippen LogP contribution < -0.4 is 4.74 Å². The number of aliphatic imine (C=N–C) groups is 1. The summed E-state index contributed by atoms with van der Waals surface area (Å²) in [6, 6.07) is 13.1. The molecule has 0 bridgehead atoms. The molecule has 5 heteroatoms. The summed E-state index contributed by atoms with van der Waals surface area (Å²) in [6.45, 7) is 0. The highest BCUT2D eigenvalue weighted by atomic mass is 32.1. The van der Waals surface area contributed by atoms with Gasteiger partial charge in [0.2, 0.25) is 5.90 Å². The van der Waals surface area contributed by atoms with Crippen molar-refractivity contribution in [1.82, 2.24) is 0 Å². The molecule has 1 aromatic carbocycles. The van der Waals surface area contributed by atoms with Crippen LogP contribution in [0.5, 0.6) is 5.06 Å². The van der Waals surface area contributed by atoms with Crippen LogP contribution in [0.3, 0.4) is 0 Å². The highest BCUT2D eigenvalue weighted by Gasteiger charge is 2.24. The number of hydrogen-bond acceptors (Lipinski definition) is 5. The topological polar surface area (TPSA) is 47.9 Å². The molecule has 4 nitrogen and oxygen atoms in total. The van der Waals surface area contributed by atoms with Crippen LogP contribution in [0.4, 0.5) is 0 Å². The van der Waals surface area contributed by atoms with Gasteiger partial charge in [-0.15, -0.1) is 0 Å². The maximum Gasteiger partial charge on any atom is 0.363 e. The number of methoxy groups -OCH3 is 1. The van der Waals surface area contributed by atoms with Gasteiger partial charge in [0, 0.05) is 10.4 Å². The average molecular weight is 285 g/mol. The predicted octanol–water partition coefficient (Wildman–Crippen LogP) is 3.10. The van der Waals surface area contributed by atoms with Gasteiger partial charge >= 0.3 is 5.97 Å². The number of nitrogens with zero attached hydrogens (tertiary/aromatic N) is 1. The third-order valence-electron chi connectivity index (χ3n) is 2.72. The third kappa shape index (κ3) is 2.48. The summed E-state index contributed by atoms with van der Waals surface area (Å²) < 4.78 is 10.3. The number of thiophene rings is 1. The standard InChI is InChI=1S/C15H11NO3S/c1-18-13-8-7-11(20-13)9-12-15(17)19-14(16-12)10-5-3-2-4-6-10/h2-9H,1H3. The van der Waals surface area contributed by atoms with Gasteiger partial charge in [-0.2, -0.15) is 0 Å². The summed E-state index contributed by atoms with van der Waals surface area (Å²) in [7, 11) is 1.61. The summed E-state index contributed by atoms with van der Waals surface area (Å²) in [5, 5.41) is 0.787. The Bertz CT molecular complexity index is 701. The van der Waals surface area contributed by atoms with E-state index in [4.69, 9.17) is 9.47 Å². The summed E-state index contributed by atoms with van der Waals surface area (Å²) >= 11 is 1.44. The van der Waals surface area contributed by atoms with Crippen LogP contribution in [0.25, 0.3) is 6.08 Å². The monoisotopic (exact) mass is 285 g/mol. The largest absolute Gasteiger partial charge is 0.487 e. The molecule has 20 heavy (non-hydrogen) atoms. The Morgan fingerprint density at radius 2 is 2.00 bits per heavy atom. The molecule has 0 atom stereocenters. The van der Waals surface area contributed by atoms with E-state index >= 15 is 0 Å². The first-order valence-electron chi connectivity index (χ1n) is 5.98. The lowest BCUT2D eigenvalue weighted by molar-refractivity contribution is -0.129. The average Bonchev–Trinajstić information content (AvgIpc) is 3.08. The minimum absolute atomic E-state index is 0.299. The Morgan fingerprint density at radius 1 is 1.20 bits per heavy atom. The fraction of sp³-hybridized carbons (Fsp3) is 0.0667. The van der Waals surface area contributed by atoms with Crippen molar-refractivity contribution in [1.29, 1.82) is 0 Å². The highest BCUT2D eigenvalue weighted by Crippen LogP contribution is 2.27. The number of cyclic esters (lactones) is 1. The Morgan fingerprint density at radius 3 is 2.70 bits per heavy atom. The molecule has 1 aliphatic rings. The molecule has 100 valence electrons. The Balaban J connectivity index is 1.90. The number of rotatable bonds is 3. The molecule has 1 aromatic heterocycles. The molecule has 3 rings (SSSR count). The summed E-state index contributed by atoms with van der Waals surface area (Å²) in [4.78, 5) is 16.9. The van der Waals surface area contributed by atoms with E-state index in [9.17, 15) is 4.79 Å². The predicted molar refractivity (Wildman–Crippen MR) is 77.9 cm³/mol. The number of carbonyl (C=O) groups is 1. The first-order chi connectivity index (χ1) is 9.76. The van der Waals surface area contributed by atoms with Gasteiger partial charge in [-0.05, 0) is 30.3 Å². The zero-order chi connectivity index (χ0) is 13.9. The minimum atomic E-state index is -0.434. The molecule has 2 aromatic rings. The Hall–Kier alpha value is -2.40. The zero-order valence-electron chi connectivity index (χ0n) is 10.7. The minimum Gasteiger partial charge on any atom is -0.487 e. The summed E-state index contributed by atoms with van der Waals surface area (Å²) in [5.74, 6) is -0.0957. The molecular weight excluding hydrogens is 274 g/mol. The second kappa shape index (κ2) is 5.30. The van der Waals surface area contributed by atoms with E-state index in [1.807, 2.05) is 42.5 Å². The van der Waals surface area contributed by atoms with Gasteiger partial charge in [-0.1, -0.05) is 29.5 Å². The number of hydrogen-bond donors (Lipinski definition) is 0. The first kappa shape index (κ1) is 12.6. The molecule has 0 radical (unpaired) electrons. The van der Waals surface area contributed by atoms with Crippen LogP contribution in [0.2, 0.25) is 0 Å². The van der Waals surface area contributed by atoms with Crippen molar-refractivity contribution in [3.63, 3.8) is 0 Å². The van der Waals surface area contributed by atoms with E-state index in [1.165, 1.54) is 11.3 Å². The highest BCUT2D eigenvalue weighted by molar-refractivity contribution is 7.14. The lowest BCUT2D eigenvalue weighted by atomic mass is 10.2. The fourth-order valence-corrected chi connectivity index (χ4v) is 2.53. The SMILES string of the molecule is COc1ccc(C=C2N=C(c3ccccc3)OC2=O)s1. The third-order valence-corrected chi connectivity index (χ3v) is 3.72. The fourth-order valence-electron chi connectivity index (χ4n) is 1.77. The van der Waals surface area contributed by atoms with Gasteiger partial charge in [0.15, 0.2) is 10.8 Å². The molecule has 0 spiro atoms. The van der Waals surface area contributed by atoms with E-state index in [1.54, 1.807) is 13.2 Å². The van der Waals surface area contributed by atoms with Crippen molar-refractivity contribution in [3.8, 4) is 5.06 Å². The van der Waals surface area contributed by atoms with E-state index < -0.39 is 5.97 Å². The second-order valence-corrected chi connectivity index (χ2v) is 5.14. The van der Waals surface area contributed by atoms with Crippen molar-refractivity contribution < 1.29 is 14.3 Å². The molecule has 0 saturated carbocycles. The molecule has 0 fully saturated rings. The van der Waals surface area contributed by atoms with Gasteiger partial charge < -0.3 is 9.47 Å². The van der Waals surface area contributed by atoms with Gasteiger partial charge in [0.25, 0.3) is 0 Å². The number of ether oxygens (including phenoxy) is 2. The van der Waals surface area contributed by atoms with Crippen LogP contribution in [0, 0.1) is 0 Å². The Labute approximate surface area is 120 Å². The summed E-state index contributed by atoms with van der Waals surface area (Å²) in [6.07, 6.45) is 1.70. The van der Waals surface area contributed by atoms with Crippen molar-refractivity contribution in [3.05, 3.63) is 58.6 Å². The number of benzene rings is 1. The van der Waals surface area contributed by atoms with Crippen LogP contribution >= 0.6 is 11.3 Å². The first-order valence-corrected chi connectivity index (χ1v) is 6.80. The number of carbonyl (C=O) groups excluding carboxylic acids is 1. The van der Waals surface area contributed by atoms with E-state index in [-0.39, 0.29) is 0 Å². The molecule has 0 unspecified atom stereocenters. The zero-order valence-corrected chi connectivity index (χ0v) is 11.5. The normalized spacial score (nSPS) is 16.1. The van der Waals surface area contributed by atoms with Gasteiger partial charge in [0.1, 0.15) is 0 Å². The maximum atomic E-state index is 11.8. The smallest absolute Gasteiger partial charge is 0.363 e. The maximum absolute atomic E-state index is 11.8. The van der Waals surface area contributed by atoms with E-state index in [0.29, 0.717) is 11.6 Å². The van der Waals surface area contributed by atoms with E-state index in [0.717, 1.165) is 15.5 Å². The Kier molecular flexibility index (Phi) is 3.35. The van der Waals surface area contributed by atoms with E-state index in [2.05, 4.69) is 4.99 Å². The van der Waals surface area contributed by atoms with Crippen molar-refractivity contribution in [2.24, 2.45) is 4.99 Å². The lowest BCUT2D eigenvalue weighted by Gasteiger charge is -1.97. The van der Waals surface area contributed by atoms with Gasteiger partial charge in [-0.3, -0.25) is 0 Å². The molecule has 2 heterocycles. The van der Waals surface area contributed by atoms with Crippen molar-refractivity contribution in [2.45, 2.75) is 0 Å². The van der Waals surface area contributed by atoms with Crippen LogP contribution in [0.15, 0.2) is 53.2 Å². The molecule has 0 N–H and O–H groups in total. The van der Waals surface area contributed by atoms with Gasteiger partial charge in [0.05, 0.1) is 7.11 Å². The van der Waals surface area contributed by atoms with Crippen LogP contribution in [-0.4, -0.2) is 19.0 Å². The quantitative estimate of drug-likeness (QED) is 0.643. The van der Waals surface area contributed by atoms with Gasteiger partial charge in [-0.25, -0.2) is 9.79 Å². The molecular formula is C15H11NO3S.